The molecule has 0 aromatic heterocycles. The van der Waals surface area contributed by atoms with Crippen LogP contribution in [0.1, 0.15) is 22.8 Å². The van der Waals surface area contributed by atoms with E-state index in [-0.39, 0.29) is 13.3 Å². The lowest BCUT2D eigenvalue weighted by Crippen LogP contribution is -2.34. The highest BCUT2D eigenvalue weighted by molar-refractivity contribution is 5.97. The van der Waals surface area contributed by atoms with Gasteiger partial charge in [-0.15, -0.1) is 0 Å². The number of methoxy groups -OCH3 is 1. The minimum absolute atomic E-state index is 0.124. The van der Waals surface area contributed by atoms with E-state index in [1.807, 2.05) is 6.92 Å². The summed E-state index contributed by atoms with van der Waals surface area (Å²) in [5.41, 5.74) is 3.37. The van der Waals surface area contributed by atoms with Crippen molar-refractivity contribution in [1.29, 1.82) is 0 Å². The largest absolute Gasteiger partial charge is 0.493 e. The number of fused-ring (bicyclic) bond motifs is 1. The molecule has 9 nitrogen and oxygen atoms in total. The number of carbonyl (C=O) groups is 2. The van der Waals surface area contributed by atoms with Crippen LogP contribution in [0.3, 0.4) is 0 Å². The summed E-state index contributed by atoms with van der Waals surface area (Å²) in [6, 6.07) is 10.1. The zero-order valence-electron chi connectivity index (χ0n) is 16.1. The first-order valence-corrected chi connectivity index (χ1v) is 8.92. The molecule has 152 valence electrons. The van der Waals surface area contributed by atoms with E-state index >= 15 is 0 Å². The van der Waals surface area contributed by atoms with Crippen molar-refractivity contribution >= 4 is 18.0 Å². The lowest BCUT2D eigenvalue weighted by Gasteiger charge is -2.11. The number of hydrogen-bond donors (Lipinski definition) is 2. The van der Waals surface area contributed by atoms with E-state index in [9.17, 15) is 9.59 Å². The van der Waals surface area contributed by atoms with Gasteiger partial charge in [-0.2, -0.15) is 5.10 Å². The molecule has 0 fully saturated rings. The molecule has 2 aromatic rings. The fraction of sp³-hybridized carbons (Fsp3) is 0.250. The van der Waals surface area contributed by atoms with Crippen LogP contribution in [0.15, 0.2) is 41.5 Å². The molecular weight excluding hydrogens is 378 g/mol. The number of rotatable bonds is 8. The maximum absolute atomic E-state index is 12.2. The zero-order chi connectivity index (χ0) is 20.6. The molecule has 0 aliphatic carbocycles. The number of hydrazone groups is 1. The number of carbonyl (C=O) groups excluding carboxylic acids is 2. The first-order valence-electron chi connectivity index (χ1n) is 8.92. The van der Waals surface area contributed by atoms with Crippen LogP contribution in [0.4, 0.5) is 0 Å². The number of amides is 2. The summed E-state index contributed by atoms with van der Waals surface area (Å²) >= 11 is 0. The van der Waals surface area contributed by atoms with E-state index in [0.29, 0.717) is 40.7 Å². The molecule has 9 heteroatoms. The lowest BCUT2D eigenvalue weighted by atomic mass is 10.2. The van der Waals surface area contributed by atoms with Gasteiger partial charge in [-0.3, -0.25) is 9.59 Å². The number of nitrogens with one attached hydrogen (secondary N) is 2. The molecule has 1 heterocycles. The van der Waals surface area contributed by atoms with Crippen molar-refractivity contribution in [2.24, 2.45) is 5.10 Å². The monoisotopic (exact) mass is 399 g/mol. The van der Waals surface area contributed by atoms with Gasteiger partial charge in [0.15, 0.2) is 23.0 Å². The normalized spacial score (nSPS) is 11.9. The molecule has 0 radical (unpaired) electrons. The third-order valence-corrected chi connectivity index (χ3v) is 3.96. The Morgan fingerprint density at radius 2 is 2.03 bits per heavy atom. The maximum atomic E-state index is 12.2. The molecule has 0 unspecified atom stereocenters. The highest BCUT2D eigenvalue weighted by Crippen LogP contribution is 2.32. The van der Waals surface area contributed by atoms with Gasteiger partial charge in [-0.1, -0.05) is 6.07 Å². The summed E-state index contributed by atoms with van der Waals surface area (Å²) in [4.78, 5) is 24.1. The van der Waals surface area contributed by atoms with Crippen LogP contribution >= 0.6 is 0 Å². The molecule has 1 aliphatic heterocycles. The Balaban J connectivity index is 1.53. The molecular formula is C20H21N3O6. The van der Waals surface area contributed by atoms with E-state index in [0.717, 1.165) is 0 Å². The topological polar surface area (TPSA) is 107 Å². The van der Waals surface area contributed by atoms with Crippen molar-refractivity contribution in [3.63, 3.8) is 0 Å². The van der Waals surface area contributed by atoms with Crippen LogP contribution in [0.25, 0.3) is 0 Å². The first-order chi connectivity index (χ1) is 14.1. The maximum Gasteiger partial charge on any atom is 0.259 e. The highest BCUT2D eigenvalue weighted by atomic mass is 16.7. The molecule has 2 aromatic carbocycles. The quantitative estimate of drug-likeness (QED) is 0.517. The van der Waals surface area contributed by atoms with Crippen molar-refractivity contribution < 1.29 is 28.5 Å². The summed E-state index contributed by atoms with van der Waals surface area (Å²) in [6.45, 7) is 2.21. The molecule has 0 saturated carbocycles. The third-order valence-electron chi connectivity index (χ3n) is 3.96. The number of para-hydroxylation sites is 1. The Labute approximate surface area is 167 Å². The number of benzene rings is 2. The van der Waals surface area contributed by atoms with E-state index in [1.54, 1.807) is 43.5 Å². The Bertz CT molecular complexity index is 928. The zero-order valence-corrected chi connectivity index (χ0v) is 16.1. The number of ether oxygens (including phenoxy) is 4. The van der Waals surface area contributed by atoms with Gasteiger partial charge in [-0.25, -0.2) is 5.43 Å². The first kappa shape index (κ1) is 20.0. The average Bonchev–Trinajstić information content (AvgIpc) is 3.21. The second-order valence-electron chi connectivity index (χ2n) is 5.86. The predicted molar refractivity (Wildman–Crippen MR) is 105 cm³/mol. The minimum atomic E-state index is -0.476. The van der Waals surface area contributed by atoms with Crippen molar-refractivity contribution in [3.05, 3.63) is 47.5 Å². The fourth-order valence-corrected chi connectivity index (χ4v) is 2.61. The van der Waals surface area contributed by atoms with Crippen LogP contribution in [-0.2, 0) is 4.79 Å². The molecule has 3 rings (SSSR count). The van der Waals surface area contributed by atoms with Gasteiger partial charge < -0.3 is 24.3 Å². The summed E-state index contributed by atoms with van der Waals surface area (Å²) in [7, 11) is 1.55. The van der Waals surface area contributed by atoms with Gasteiger partial charge in [0.05, 0.1) is 26.5 Å². The van der Waals surface area contributed by atoms with E-state index in [4.69, 9.17) is 18.9 Å². The van der Waals surface area contributed by atoms with Gasteiger partial charge in [0, 0.05) is 11.1 Å². The molecule has 29 heavy (non-hydrogen) atoms. The predicted octanol–water partition coefficient (Wildman–Crippen LogP) is 1.70. The van der Waals surface area contributed by atoms with Crippen LogP contribution < -0.4 is 29.7 Å². The summed E-state index contributed by atoms with van der Waals surface area (Å²) in [5, 5.41) is 6.43. The molecule has 1 aliphatic rings. The van der Waals surface area contributed by atoms with Gasteiger partial charge in [-0.05, 0) is 37.3 Å². The van der Waals surface area contributed by atoms with E-state index in [1.165, 1.54) is 6.21 Å². The number of nitrogens with zero attached hydrogens (tertiary/aromatic N) is 1. The molecule has 2 N–H and O–H groups in total. The molecule has 0 saturated heterocycles. The van der Waals surface area contributed by atoms with Gasteiger partial charge in [0.25, 0.3) is 11.8 Å². The Hall–Kier alpha value is -3.75. The average molecular weight is 399 g/mol. The summed E-state index contributed by atoms with van der Waals surface area (Å²) in [6.07, 6.45) is 1.45. The van der Waals surface area contributed by atoms with Crippen molar-refractivity contribution in [1.82, 2.24) is 10.7 Å². The minimum Gasteiger partial charge on any atom is -0.493 e. The van der Waals surface area contributed by atoms with Crippen LogP contribution in [0.5, 0.6) is 23.0 Å². The van der Waals surface area contributed by atoms with E-state index < -0.39 is 11.8 Å². The van der Waals surface area contributed by atoms with Crippen molar-refractivity contribution in [2.45, 2.75) is 6.92 Å². The summed E-state index contributed by atoms with van der Waals surface area (Å²) in [5.74, 6) is 1.29. The van der Waals surface area contributed by atoms with Crippen molar-refractivity contribution in [2.75, 3.05) is 27.1 Å². The van der Waals surface area contributed by atoms with Crippen LogP contribution in [0, 0.1) is 0 Å². The van der Waals surface area contributed by atoms with Crippen molar-refractivity contribution in [3.8, 4) is 23.0 Å². The van der Waals surface area contributed by atoms with Crippen LogP contribution in [0.2, 0.25) is 0 Å². The standard InChI is InChI=1S/C20H21N3O6/c1-3-27-19-14(5-4-6-16(19)26-2)10-22-23-18(24)11-21-20(25)13-7-8-15-17(9-13)29-12-28-15/h4-10H,3,11-12H2,1-2H3,(H,21,25)(H,23,24). The molecule has 0 atom stereocenters. The van der Waals surface area contributed by atoms with Gasteiger partial charge in [0.1, 0.15) is 0 Å². The molecule has 0 bridgehead atoms. The Morgan fingerprint density at radius 1 is 1.21 bits per heavy atom. The smallest absolute Gasteiger partial charge is 0.259 e. The fourth-order valence-electron chi connectivity index (χ4n) is 2.61. The Morgan fingerprint density at radius 3 is 2.83 bits per heavy atom. The third kappa shape index (κ3) is 4.95. The second-order valence-corrected chi connectivity index (χ2v) is 5.86. The molecule has 2 amide bonds. The SMILES string of the molecule is CCOc1c(C=NNC(=O)CNC(=O)c2ccc3c(c2)OCO3)cccc1OC. The Kier molecular flexibility index (Phi) is 6.51. The highest BCUT2D eigenvalue weighted by Gasteiger charge is 2.16. The number of hydrogen-bond acceptors (Lipinski definition) is 7. The van der Waals surface area contributed by atoms with Crippen LogP contribution in [-0.4, -0.2) is 45.1 Å². The van der Waals surface area contributed by atoms with Gasteiger partial charge >= 0.3 is 0 Å². The summed E-state index contributed by atoms with van der Waals surface area (Å²) < 4.78 is 21.3. The lowest BCUT2D eigenvalue weighted by molar-refractivity contribution is -0.120. The molecule has 0 spiro atoms. The second kappa shape index (κ2) is 9.45. The van der Waals surface area contributed by atoms with Gasteiger partial charge in [0.2, 0.25) is 6.79 Å². The van der Waals surface area contributed by atoms with E-state index in [2.05, 4.69) is 15.8 Å².